The number of nitrogens with one attached hydrogen (secondary N) is 2. The van der Waals surface area contributed by atoms with E-state index in [2.05, 4.69) is 15.8 Å². The number of benzene rings is 3. The first-order chi connectivity index (χ1) is 15.1. The predicted octanol–water partition coefficient (Wildman–Crippen LogP) is 4.83. The van der Waals surface area contributed by atoms with Crippen molar-refractivity contribution in [1.29, 1.82) is 0 Å². The summed E-state index contributed by atoms with van der Waals surface area (Å²) >= 11 is 0. The van der Waals surface area contributed by atoms with Crippen molar-refractivity contribution in [2.45, 2.75) is 13.5 Å². The molecule has 0 fully saturated rings. The van der Waals surface area contributed by atoms with Crippen LogP contribution in [0.1, 0.15) is 32.0 Å². The Morgan fingerprint density at radius 2 is 1.48 bits per heavy atom. The molecule has 0 aliphatic carbocycles. The number of aromatic nitrogens is 1. The minimum absolute atomic E-state index is 0.273. The summed E-state index contributed by atoms with van der Waals surface area (Å²) in [7, 11) is 0. The Morgan fingerprint density at radius 1 is 0.839 bits per heavy atom. The topological polar surface area (TPSA) is 84.2 Å². The molecule has 0 radical (unpaired) electrons. The van der Waals surface area contributed by atoms with Gasteiger partial charge in [0, 0.05) is 12.1 Å². The quantitative estimate of drug-likeness (QED) is 0.476. The van der Waals surface area contributed by atoms with Gasteiger partial charge in [0.1, 0.15) is 17.0 Å². The van der Waals surface area contributed by atoms with Crippen molar-refractivity contribution in [3.8, 4) is 11.3 Å². The molecule has 1 aromatic heterocycles. The molecule has 0 atom stereocenters. The number of hydrogen-bond acceptors (Lipinski definition) is 4. The second kappa shape index (κ2) is 9.09. The zero-order valence-corrected chi connectivity index (χ0v) is 17.0. The van der Waals surface area contributed by atoms with Crippen molar-refractivity contribution in [3.05, 3.63) is 107 Å². The Kier molecular flexibility index (Phi) is 5.89. The molecular formula is C25H21N3O3. The Hall–Kier alpha value is -4.19. The van der Waals surface area contributed by atoms with Gasteiger partial charge in [-0.15, -0.1) is 0 Å². The molecule has 0 aliphatic heterocycles. The van der Waals surface area contributed by atoms with Crippen LogP contribution in [0.2, 0.25) is 0 Å². The monoisotopic (exact) mass is 411 g/mol. The van der Waals surface area contributed by atoms with Crippen LogP contribution in [0.4, 0.5) is 5.69 Å². The second-order valence-corrected chi connectivity index (χ2v) is 7.00. The number of anilines is 1. The van der Waals surface area contributed by atoms with Gasteiger partial charge in [-0.3, -0.25) is 9.59 Å². The van der Waals surface area contributed by atoms with Crippen molar-refractivity contribution in [3.63, 3.8) is 0 Å². The molecule has 31 heavy (non-hydrogen) atoms. The average molecular weight is 411 g/mol. The maximum Gasteiger partial charge on any atom is 0.261 e. The molecule has 2 N–H and O–H groups in total. The third kappa shape index (κ3) is 4.53. The molecule has 0 bridgehead atoms. The van der Waals surface area contributed by atoms with Crippen molar-refractivity contribution in [1.82, 2.24) is 10.5 Å². The van der Waals surface area contributed by atoms with Crippen molar-refractivity contribution in [2.24, 2.45) is 0 Å². The van der Waals surface area contributed by atoms with Crippen molar-refractivity contribution >= 4 is 17.5 Å². The predicted molar refractivity (Wildman–Crippen MR) is 119 cm³/mol. The first-order valence-electron chi connectivity index (χ1n) is 9.87. The van der Waals surface area contributed by atoms with Gasteiger partial charge in [0.05, 0.1) is 11.3 Å². The van der Waals surface area contributed by atoms with E-state index < -0.39 is 0 Å². The lowest BCUT2D eigenvalue weighted by atomic mass is 10.1. The van der Waals surface area contributed by atoms with Gasteiger partial charge in [-0.1, -0.05) is 78.0 Å². The van der Waals surface area contributed by atoms with Crippen LogP contribution in [0.15, 0.2) is 89.5 Å². The first kappa shape index (κ1) is 20.1. The van der Waals surface area contributed by atoms with Gasteiger partial charge in [-0.2, -0.15) is 0 Å². The molecule has 0 saturated heterocycles. The smallest absolute Gasteiger partial charge is 0.261 e. The zero-order valence-electron chi connectivity index (χ0n) is 17.0. The second-order valence-electron chi connectivity index (χ2n) is 7.00. The lowest BCUT2D eigenvalue weighted by molar-refractivity contribution is 0.0952. The molecule has 3 aromatic carbocycles. The molecule has 0 saturated carbocycles. The summed E-state index contributed by atoms with van der Waals surface area (Å²) in [6.45, 7) is 2.08. The Morgan fingerprint density at radius 3 is 2.23 bits per heavy atom. The summed E-state index contributed by atoms with van der Waals surface area (Å²) in [5.74, 6) is -0.256. The average Bonchev–Trinajstić information content (AvgIpc) is 3.20. The van der Waals surface area contributed by atoms with Crippen LogP contribution in [-0.4, -0.2) is 17.0 Å². The van der Waals surface area contributed by atoms with Crippen LogP contribution in [0.25, 0.3) is 11.3 Å². The molecule has 6 heteroatoms. The fourth-order valence-corrected chi connectivity index (χ4v) is 3.28. The van der Waals surface area contributed by atoms with E-state index in [1.807, 2.05) is 60.7 Å². The first-order valence-corrected chi connectivity index (χ1v) is 9.87. The zero-order chi connectivity index (χ0) is 21.6. The molecule has 4 rings (SSSR count). The summed E-state index contributed by atoms with van der Waals surface area (Å²) in [4.78, 5) is 25.9. The number of rotatable bonds is 6. The van der Waals surface area contributed by atoms with E-state index in [0.717, 1.165) is 11.1 Å². The molecule has 0 spiro atoms. The highest BCUT2D eigenvalue weighted by Crippen LogP contribution is 2.26. The maximum absolute atomic E-state index is 13.1. The number of nitrogens with zero attached hydrogens (tertiary/aromatic N) is 1. The highest BCUT2D eigenvalue weighted by Gasteiger charge is 2.23. The SMILES string of the molecule is Cc1onc(-c2ccccc2)c1C(=O)Nc1ccccc1C(=O)NCc1ccccc1. The summed E-state index contributed by atoms with van der Waals surface area (Å²) in [6.07, 6.45) is 0. The third-order valence-corrected chi connectivity index (χ3v) is 4.85. The Balaban J connectivity index is 1.55. The summed E-state index contributed by atoms with van der Waals surface area (Å²) in [5.41, 5.74) is 3.36. The van der Waals surface area contributed by atoms with Crippen molar-refractivity contribution < 1.29 is 14.1 Å². The minimum Gasteiger partial charge on any atom is -0.360 e. The van der Waals surface area contributed by atoms with E-state index in [1.54, 1.807) is 31.2 Å². The molecule has 4 aromatic rings. The molecule has 154 valence electrons. The number of carbonyl (C=O) groups is 2. The Bertz CT molecular complexity index is 1200. The largest absolute Gasteiger partial charge is 0.360 e. The van der Waals surface area contributed by atoms with E-state index in [0.29, 0.717) is 34.8 Å². The summed E-state index contributed by atoms with van der Waals surface area (Å²) in [6, 6.07) is 25.9. The van der Waals surface area contributed by atoms with E-state index in [9.17, 15) is 9.59 Å². The molecular weight excluding hydrogens is 390 g/mol. The van der Waals surface area contributed by atoms with Gasteiger partial charge in [0.25, 0.3) is 11.8 Å². The van der Waals surface area contributed by atoms with Crippen LogP contribution >= 0.6 is 0 Å². The van der Waals surface area contributed by atoms with Crippen LogP contribution in [0, 0.1) is 6.92 Å². The van der Waals surface area contributed by atoms with Crippen molar-refractivity contribution in [2.75, 3.05) is 5.32 Å². The molecule has 0 unspecified atom stereocenters. The molecule has 2 amide bonds. The fraction of sp³-hybridized carbons (Fsp3) is 0.0800. The van der Waals surface area contributed by atoms with Crippen LogP contribution < -0.4 is 10.6 Å². The highest BCUT2D eigenvalue weighted by molar-refractivity contribution is 6.11. The van der Waals surface area contributed by atoms with E-state index in [4.69, 9.17) is 4.52 Å². The Labute approximate surface area is 179 Å². The van der Waals surface area contributed by atoms with E-state index in [-0.39, 0.29) is 11.8 Å². The lowest BCUT2D eigenvalue weighted by Gasteiger charge is -2.12. The maximum atomic E-state index is 13.1. The van der Waals surface area contributed by atoms with Crippen LogP contribution in [0.5, 0.6) is 0 Å². The standard InChI is InChI=1S/C25H21N3O3/c1-17-22(23(28-31-17)19-12-6-3-7-13-19)25(30)27-21-15-9-8-14-20(21)24(29)26-16-18-10-4-2-5-11-18/h2-15H,16H2,1H3,(H,26,29)(H,27,30). The van der Waals surface area contributed by atoms with Gasteiger partial charge in [-0.25, -0.2) is 0 Å². The molecule has 0 aliphatic rings. The number of para-hydroxylation sites is 1. The van der Waals surface area contributed by atoms with E-state index in [1.165, 1.54) is 0 Å². The lowest BCUT2D eigenvalue weighted by Crippen LogP contribution is -2.25. The van der Waals surface area contributed by atoms with Gasteiger partial charge in [0.15, 0.2) is 0 Å². The number of carbonyl (C=O) groups excluding carboxylic acids is 2. The number of amides is 2. The van der Waals surface area contributed by atoms with Gasteiger partial charge < -0.3 is 15.2 Å². The minimum atomic E-state index is -0.388. The normalized spacial score (nSPS) is 10.5. The highest BCUT2D eigenvalue weighted by atomic mass is 16.5. The summed E-state index contributed by atoms with van der Waals surface area (Å²) < 4.78 is 5.28. The number of hydrogen-bond donors (Lipinski definition) is 2. The van der Waals surface area contributed by atoms with Gasteiger partial charge in [0.2, 0.25) is 0 Å². The molecule has 1 heterocycles. The van der Waals surface area contributed by atoms with Crippen LogP contribution in [-0.2, 0) is 6.54 Å². The van der Waals surface area contributed by atoms with Gasteiger partial charge in [-0.05, 0) is 24.6 Å². The number of aryl methyl sites for hydroxylation is 1. The molecule has 6 nitrogen and oxygen atoms in total. The fourth-order valence-electron chi connectivity index (χ4n) is 3.28. The summed E-state index contributed by atoms with van der Waals surface area (Å²) in [5, 5.41) is 9.79. The third-order valence-electron chi connectivity index (χ3n) is 4.85. The van der Waals surface area contributed by atoms with E-state index >= 15 is 0 Å². The van der Waals surface area contributed by atoms with Gasteiger partial charge >= 0.3 is 0 Å². The van der Waals surface area contributed by atoms with Crippen LogP contribution in [0.3, 0.4) is 0 Å².